The first kappa shape index (κ1) is 9.97. The summed E-state index contributed by atoms with van der Waals surface area (Å²) >= 11 is 0. The highest BCUT2D eigenvalue weighted by Crippen LogP contribution is 2.27. The molecule has 0 aromatic heterocycles. The summed E-state index contributed by atoms with van der Waals surface area (Å²) in [4.78, 5) is 11.5. The van der Waals surface area contributed by atoms with Crippen LogP contribution in [0.3, 0.4) is 0 Å². The Kier molecular flexibility index (Phi) is 3.06. The third-order valence-electron chi connectivity index (χ3n) is 3.43. The fourth-order valence-corrected chi connectivity index (χ4v) is 2.47. The summed E-state index contributed by atoms with van der Waals surface area (Å²) in [5.41, 5.74) is 0. The molecule has 0 radical (unpaired) electrons. The molecular weight excluding hydrogens is 178 g/mol. The first-order valence-corrected chi connectivity index (χ1v) is 5.71. The molecule has 0 aliphatic heterocycles. The minimum Gasteiger partial charge on any atom is -0.393 e. The highest BCUT2D eigenvalue weighted by molar-refractivity contribution is 5.76. The van der Waals surface area contributed by atoms with E-state index in [1.165, 1.54) is 25.7 Å². The van der Waals surface area contributed by atoms with Gasteiger partial charge in [-0.3, -0.25) is 4.79 Å². The molecule has 2 fully saturated rings. The van der Waals surface area contributed by atoms with Crippen LogP contribution in [0.4, 0.5) is 0 Å². The summed E-state index contributed by atoms with van der Waals surface area (Å²) in [7, 11) is 0. The lowest BCUT2D eigenvalue weighted by molar-refractivity contribution is -0.124. The van der Waals surface area contributed by atoms with E-state index in [0.29, 0.717) is 12.3 Å². The van der Waals surface area contributed by atoms with Gasteiger partial charge < -0.3 is 10.4 Å². The normalized spacial score (nSPS) is 32.6. The van der Waals surface area contributed by atoms with Crippen LogP contribution in [-0.2, 0) is 4.79 Å². The smallest absolute Gasteiger partial charge is 0.220 e. The molecule has 14 heavy (non-hydrogen) atoms. The topological polar surface area (TPSA) is 49.3 Å². The molecule has 2 aliphatic rings. The van der Waals surface area contributed by atoms with Crippen molar-refractivity contribution in [3.8, 4) is 0 Å². The van der Waals surface area contributed by atoms with Crippen LogP contribution in [0.15, 0.2) is 0 Å². The van der Waals surface area contributed by atoms with Gasteiger partial charge >= 0.3 is 0 Å². The number of nitrogens with one attached hydrogen (secondary N) is 1. The lowest BCUT2D eigenvalue weighted by atomic mass is 9.89. The molecular formula is C11H19NO2. The van der Waals surface area contributed by atoms with Crippen LogP contribution in [0.2, 0.25) is 0 Å². The number of hydrogen-bond acceptors (Lipinski definition) is 2. The zero-order valence-corrected chi connectivity index (χ0v) is 8.54. The van der Waals surface area contributed by atoms with Gasteiger partial charge in [0.05, 0.1) is 6.10 Å². The maximum atomic E-state index is 11.5. The van der Waals surface area contributed by atoms with Gasteiger partial charge in [-0.05, 0) is 31.6 Å². The van der Waals surface area contributed by atoms with Crippen molar-refractivity contribution < 1.29 is 9.90 Å². The van der Waals surface area contributed by atoms with Crippen molar-refractivity contribution in [3.63, 3.8) is 0 Å². The molecule has 1 amide bonds. The van der Waals surface area contributed by atoms with Crippen molar-refractivity contribution in [1.82, 2.24) is 5.32 Å². The Morgan fingerprint density at radius 2 is 1.93 bits per heavy atom. The minimum atomic E-state index is -0.174. The Balaban J connectivity index is 1.63. The van der Waals surface area contributed by atoms with Crippen LogP contribution in [0.1, 0.15) is 44.9 Å². The van der Waals surface area contributed by atoms with E-state index in [9.17, 15) is 4.79 Å². The molecule has 0 unspecified atom stereocenters. The molecule has 0 heterocycles. The molecule has 3 nitrogen and oxygen atoms in total. The monoisotopic (exact) mass is 197 g/mol. The van der Waals surface area contributed by atoms with E-state index in [1.54, 1.807) is 0 Å². The summed E-state index contributed by atoms with van der Waals surface area (Å²) in [6.07, 6.45) is 7.05. The third-order valence-corrected chi connectivity index (χ3v) is 3.43. The fraction of sp³-hybridized carbons (Fsp3) is 0.909. The Labute approximate surface area is 84.9 Å². The van der Waals surface area contributed by atoms with Crippen LogP contribution >= 0.6 is 0 Å². The Morgan fingerprint density at radius 1 is 1.29 bits per heavy atom. The lowest BCUT2D eigenvalue weighted by Crippen LogP contribution is -2.47. The van der Waals surface area contributed by atoms with E-state index in [-0.39, 0.29) is 18.1 Å². The van der Waals surface area contributed by atoms with Crippen molar-refractivity contribution >= 4 is 5.91 Å². The van der Waals surface area contributed by atoms with Gasteiger partial charge in [0.15, 0.2) is 0 Å². The van der Waals surface area contributed by atoms with Crippen molar-refractivity contribution in [2.45, 2.75) is 57.1 Å². The first-order valence-electron chi connectivity index (χ1n) is 5.71. The highest BCUT2D eigenvalue weighted by Gasteiger charge is 2.29. The van der Waals surface area contributed by atoms with Gasteiger partial charge in [-0.2, -0.15) is 0 Å². The molecule has 0 atom stereocenters. The van der Waals surface area contributed by atoms with Crippen LogP contribution < -0.4 is 5.32 Å². The van der Waals surface area contributed by atoms with E-state index in [1.807, 2.05) is 0 Å². The van der Waals surface area contributed by atoms with Crippen molar-refractivity contribution in [3.05, 3.63) is 0 Å². The third kappa shape index (κ3) is 2.47. The summed E-state index contributed by atoms with van der Waals surface area (Å²) in [5.74, 6) is 0.814. The Bertz CT molecular complexity index is 205. The molecule has 0 aromatic rings. The van der Waals surface area contributed by atoms with Crippen LogP contribution in [0, 0.1) is 5.92 Å². The summed E-state index contributed by atoms with van der Waals surface area (Å²) in [5, 5.41) is 12.0. The van der Waals surface area contributed by atoms with Gasteiger partial charge in [-0.25, -0.2) is 0 Å². The predicted octanol–water partition coefficient (Wildman–Crippen LogP) is 1.21. The molecule has 2 rings (SSSR count). The number of rotatable bonds is 3. The van der Waals surface area contributed by atoms with Gasteiger partial charge in [0, 0.05) is 12.5 Å². The van der Waals surface area contributed by atoms with Gasteiger partial charge in [0.1, 0.15) is 0 Å². The van der Waals surface area contributed by atoms with Gasteiger partial charge in [-0.15, -0.1) is 0 Å². The number of hydrogen-bond donors (Lipinski definition) is 2. The average molecular weight is 197 g/mol. The summed E-state index contributed by atoms with van der Waals surface area (Å²) < 4.78 is 0. The largest absolute Gasteiger partial charge is 0.393 e. The first-order chi connectivity index (χ1) is 6.74. The second-order valence-corrected chi connectivity index (χ2v) is 4.74. The minimum absolute atomic E-state index is 0.174. The number of aliphatic hydroxyl groups is 1. The van der Waals surface area contributed by atoms with Gasteiger partial charge in [0.25, 0.3) is 0 Å². The fourth-order valence-electron chi connectivity index (χ4n) is 2.47. The molecule has 80 valence electrons. The molecule has 3 heteroatoms. The second-order valence-electron chi connectivity index (χ2n) is 4.74. The molecule has 2 saturated carbocycles. The van der Waals surface area contributed by atoms with Gasteiger partial charge in [-0.1, -0.05) is 12.8 Å². The summed E-state index contributed by atoms with van der Waals surface area (Å²) in [6, 6.07) is 0.249. The van der Waals surface area contributed by atoms with E-state index < -0.39 is 0 Å². The van der Waals surface area contributed by atoms with E-state index in [0.717, 1.165) is 12.8 Å². The zero-order valence-electron chi connectivity index (χ0n) is 8.54. The van der Waals surface area contributed by atoms with Crippen LogP contribution in [-0.4, -0.2) is 23.2 Å². The second kappa shape index (κ2) is 4.30. The Hall–Kier alpha value is -0.570. The number of carbonyl (C=O) groups is 1. The Morgan fingerprint density at radius 3 is 2.50 bits per heavy atom. The van der Waals surface area contributed by atoms with Crippen molar-refractivity contribution in [1.29, 1.82) is 0 Å². The molecule has 0 bridgehead atoms. The molecule has 0 spiro atoms. The maximum Gasteiger partial charge on any atom is 0.220 e. The van der Waals surface area contributed by atoms with E-state index >= 15 is 0 Å². The molecule has 2 aliphatic carbocycles. The highest BCUT2D eigenvalue weighted by atomic mass is 16.3. The number of amides is 1. The predicted molar refractivity (Wildman–Crippen MR) is 53.7 cm³/mol. The van der Waals surface area contributed by atoms with E-state index in [2.05, 4.69) is 5.32 Å². The number of aliphatic hydroxyl groups excluding tert-OH is 1. The molecule has 0 aromatic carbocycles. The molecule has 2 N–H and O–H groups in total. The van der Waals surface area contributed by atoms with Crippen molar-refractivity contribution in [2.75, 3.05) is 0 Å². The summed E-state index contributed by atoms with van der Waals surface area (Å²) in [6.45, 7) is 0. The van der Waals surface area contributed by atoms with Crippen LogP contribution in [0.25, 0.3) is 0 Å². The van der Waals surface area contributed by atoms with E-state index in [4.69, 9.17) is 5.11 Å². The standard InChI is InChI=1S/C11H19NO2/c13-10-6-9(7-10)12-11(14)5-8-3-1-2-4-8/h8-10,13H,1-7H2,(H,12,14). The number of carbonyl (C=O) groups excluding carboxylic acids is 1. The zero-order chi connectivity index (χ0) is 9.97. The maximum absolute atomic E-state index is 11.5. The molecule has 0 saturated heterocycles. The van der Waals surface area contributed by atoms with Gasteiger partial charge in [0.2, 0.25) is 5.91 Å². The SMILES string of the molecule is O=C(CC1CCCC1)NC1CC(O)C1. The lowest BCUT2D eigenvalue weighted by Gasteiger charge is -2.32. The van der Waals surface area contributed by atoms with Crippen molar-refractivity contribution in [2.24, 2.45) is 5.92 Å². The van der Waals surface area contributed by atoms with Crippen LogP contribution in [0.5, 0.6) is 0 Å². The average Bonchev–Trinajstić information content (AvgIpc) is 2.54. The quantitative estimate of drug-likeness (QED) is 0.714.